The summed E-state index contributed by atoms with van der Waals surface area (Å²) in [5.74, 6) is 0. The summed E-state index contributed by atoms with van der Waals surface area (Å²) in [5, 5.41) is 5.57. The van der Waals surface area contributed by atoms with Crippen molar-refractivity contribution in [2.75, 3.05) is 0 Å². The predicted molar refractivity (Wildman–Crippen MR) is 300 cm³/mol. The molecule has 6 saturated carbocycles. The molecule has 0 aromatic heterocycles. The summed E-state index contributed by atoms with van der Waals surface area (Å²) >= 11 is 6.35. The summed E-state index contributed by atoms with van der Waals surface area (Å²) in [5.41, 5.74) is 1.94. The fourth-order valence-corrected chi connectivity index (χ4v) is 18.8. The van der Waals surface area contributed by atoms with Crippen molar-refractivity contribution in [1.29, 1.82) is 0 Å². The number of halogens is 1. The molecule has 386 valence electrons. The van der Waals surface area contributed by atoms with Crippen LogP contribution in [0.2, 0.25) is 0 Å². The van der Waals surface area contributed by atoms with Gasteiger partial charge in [0.25, 0.3) is 0 Å². The monoisotopic (exact) mass is 1130 g/mol. The van der Waals surface area contributed by atoms with Gasteiger partial charge >= 0.3 is 37.7 Å². The van der Waals surface area contributed by atoms with Crippen LogP contribution in [0.5, 0.6) is 0 Å². The van der Waals surface area contributed by atoms with Crippen molar-refractivity contribution in [2.24, 2.45) is 0 Å². The normalized spacial score (nSPS) is 18.7. The summed E-state index contributed by atoms with van der Waals surface area (Å²) in [6.45, 7) is 21.1. The van der Waals surface area contributed by atoms with E-state index in [4.69, 9.17) is 11.2 Å². The Morgan fingerprint density at radius 1 is 0.348 bits per heavy atom. The molecule has 69 heavy (non-hydrogen) atoms. The molecule has 6 aliphatic carbocycles. The van der Waals surface area contributed by atoms with Crippen LogP contribution >= 0.6 is 34.4 Å². The van der Waals surface area contributed by atoms with Gasteiger partial charge in [0.1, 0.15) is 0 Å². The first-order chi connectivity index (χ1) is 30.7. The van der Waals surface area contributed by atoms with Crippen molar-refractivity contribution < 1.29 is 88.9 Å². The Kier molecular flexibility index (Phi) is 48.0. The van der Waals surface area contributed by atoms with Crippen LogP contribution in [0, 0.1) is 12.8 Å². The fourth-order valence-electron chi connectivity index (χ4n) is 9.95. The third-order valence-corrected chi connectivity index (χ3v) is 24.2. The maximum absolute atomic E-state index is 6.35. The van der Waals surface area contributed by atoms with Gasteiger partial charge in [0.2, 0.25) is 0 Å². The average molecular weight is 1130 g/mol. The van der Waals surface area contributed by atoms with E-state index in [0.29, 0.717) is 10.3 Å². The number of hydrogen-bond acceptors (Lipinski definition) is 0. The Morgan fingerprint density at radius 3 is 0.768 bits per heavy atom. The van der Waals surface area contributed by atoms with Crippen LogP contribution in [0.1, 0.15) is 229 Å². The molecular formula is C60H98ClFe3Li2P3. The molecule has 0 radical (unpaired) electrons. The SMILES string of the molecule is C1CCCC1.C1CCCC1.CC(C)(C)P(Cl)c1ccccc1.CC(C)(C)P(c1ccccc1)C1CCCC1.CC(C)(C)P(c1ccccc1)C1CCCC1.[CH-]1CCCC1.[CH-]1CCCC1.[Fe].[Fe].[Fe].[Li+].[Li+]. The Balaban J connectivity index is -0.000000769. The fraction of sp³-hybridized carbons (Fsp3) is 0.667. The molecule has 0 spiro atoms. The van der Waals surface area contributed by atoms with Crippen LogP contribution < -0.4 is 53.6 Å². The first-order valence-corrected chi connectivity index (χ1v) is 31.6. The molecule has 3 atom stereocenters. The van der Waals surface area contributed by atoms with Crippen molar-refractivity contribution in [1.82, 2.24) is 0 Å². The second kappa shape index (κ2) is 44.0. The van der Waals surface area contributed by atoms with Crippen molar-refractivity contribution in [2.45, 2.75) is 256 Å². The minimum absolute atomic E-state index is 0. The van der Waals surface area contributed by atoms with Crippen molar-refractivity contribution in [3.63, 3.8) is 0 Å². The zero-order valence-electron chi connectivity index (χ0n) is 46.1. The maximum Gasteiger partial charge on any atom is 1.00 e. The average Bonchev–Trinajstić information content (AvgIpc) is 4.13. The molecule has 0 N–H and O–H groups in total. The van der Waals surface area contributed by atoms with Gasteiger partial charge in [-0.1, -0.05) is 296 Å². The molecule has 0 heterocycles. The van der Waals surface area contributed by atoms with Crippen molar-refractivity contribution in [3.8, 4) is 0 Å². The van der Waals surface area contributed by atoms with Gasteiger partial charge in [-0.15, -0.1) is 0 Å². The van der Waals surface area contributed by atoms with E-state index in [9.17, 15) is 0 Å². The number of hydrogen-bond donors (Lipinski definition) is 0. The van der Waals surface area contributed by atoms with Gasteiger partial charge in [-0.05, 0) is 68.4 Å². The second-order valence-corrected chi connectivity index (χ2v) is 32.2. The third-order valence-electron chi connectivity index (χ3n) is 13.1. The number of rotatable bonds is 5. The molecule has 0 nitrogen and oxygen atoms in total. The van der Waals surface area contributed by atoms with E-state index in [-0.39, 0.29) is 110 Å². The quantitative estimate of drug-likeness (QED) is 0.136. The van der Waals surface area contributed by atoms with Gasteiger partial charge in [0.15, 0.2) is 0 Å². The molecule has 3 aromatic carbocycles. The molecule has 9 heteroatoms. The zero-order chi connectivity index (χ0) is 46.5. The van der Waals surface area contributed by atoms with Crippen molar-refractivity contribution in [3.05, 3.63) is 104 Å². The topological polar surface area (TPSA) is 0 Å². The summed E-state index contributed by atoms with van der Waals surface area (Å²) in [6, 6.07) is 32.7. The third kappa shape index (κ3) is 33.7. The molecule has 0 saturated heterocycles. The van der Waals surface area contributed by atoms with E-state index in [2.05, 4.69) is 148 Å². The van der Waals surface area contributed by atoms with E-state index in [0.717, 1.165) is 11.3 Å². The molecule has 9 rings (SSSR count). The Morgan fingerprint density at radius 2 is 0.580 bits per heavy atom. The van der Waals surface area contributed by atoms with E-state index in [1.54, 1.807) is 10.6 Å². The van der Waals surface area contributed by atoms with Crippen LogP contribution in [0.15, 0.2) is 91.0 Å². The predicted octanol–water partition coefficient (Wildman–Crippen LogP) is 14.2. The smallest absolute Gasteiger partial charge is 0.328 e. The molecular weight excluding hydrogens is 1030 g/mol. The Hall–Kier alpha value is 1.99. The molecule has 6 fully saturated rings. The van der Waals surface area contributed by atoms with E-state index in [1.165, 1.54) is 172 Å². The zero-order valence-corrected chi connectivity index (χ0v) is 52.9. The van der Waals surface area contributed by atoms with Crippen LogP contribution in [0.3, 0.4) is 0 Å². The minimum atomic E-state index is -0.544. The molecule has 0 aliphatic heterocycles. The van der Waals surface area contributed by atoms with Crippen LogP contribution in [0.25, 0.3) is 0 Å². The largest absolute Gasteiger partial charge is 1.00 e. The van der Waals surface area contributed by atoms with E-state index >= 15 is 0 Å². The Bertz CT molecular complexity index is 1390. The Labute approximate surface area is 494 Å². The van der Waals surface area contributed by atoms with Gasteiger partial charge in [0.05, 0.1) is 0 Å². The minimum Gasteiger partial charge on any atom is -0.328 e. The van der Waals surface area contributed by atoms with Crippen LogP contribution in [-0.2, 0) is 51.2 Å². The summed E-state index contributed by atoms with van der Waals surface area (Å²) in [4.78, 5) is 0. The standard InChI is InChI=1S/2C15H23P.C10H14ClP.2C5H10.2C5H9.3Fe.2Li/c2*1-15(2,3)16(14-11-7-8-12-14)13-9-5-4-6-10-13;1-10(2,3)12(11)9-7-5-4-6-8-9;4*1-2-4-5-3-1;;;;;/h2*4-6,9-10,14H,7-8,11-12H2,1-3H3;4-8H,1-3H3;2*1-5H2;2*1H,2-5H2;;;;;/q;;;;;2*-1;;;;2*+1. The molecule has 3 unspecified atom stereocenters. The summed E-state index contributed by atoms with van der Waals surface area (Å²) in [6.07, 6.45) is 42.6. The maximum atomic E-state index is 6.35. The first kappa shape index (κ1) is 75.2. The van der Waals surface area contributed by atoms with Gasteiger partial charge in [-0.3, -0.25) is 0 Å². The second-order valence-electron chi connectivity index (χ2n) is 22.1. The van der Waals surface area contributed by atoms with E-state index < -0.39 is 7.27 Å². The first-order valence-electron chi connectivity index (χ1n) is 26.5. The van der Waals surface area contributed by atoms with E-state index in [1.807, 2.05) is 18.2 Å². The summed E-state index contributed by atoms with van der Waals surface area (Å²) in [7, 11) is -0.540. The number of benzene rings is 3. The van der Waals surface area contributed by atoms with Gasteiger partial charge in [-0.25, -0.2) is 0 Å². The van der Waals surface area contributed by atoms with Crippen LogP contribution in [0.4, 0.5) is 0 Å². The molecule has 0 amide bonds. The van der Waals surface area contributed by atoms with Gasteiger partial charge in [0, 0.05) is 58.5 Å². The summed E-state index contributed by atoms with van der Waals surface area (Å²) < 4.78 is 0. The van der Waals surface area contributed by atoms with Gasteiger partial charge < -0.3 is 12.8 Å². The van der Waals surface area contributed by atoms with Crippen molar-refractivity contribution >= 4 is 50.3 Å². The van der Waals surface area contributed by atoms with Gasteiger partial charge in [-0.2, -0.15) is 25.7 Å². The molecule has 6 aliphatic rings. The molecule has 3 aromatic rings. The van der Waals surface area contributed by atoms with Crippen LogP contribution in [-0.4, -0.2) is 26.8 Å². The molecule has 0 bridgehead atoms.